The number of nitrogens with two attached hydrogens (primary N) is 1. The van der Waals surface area contributed by atoms with Gasteiger partial charge in [0.2, 0.25) is 5.91 Å². The molecule has 7 nitrogen and oxygen atoms in total. The van der Waals surface area contributed by atoms with Crippen molar-refractivity contribution in [3.63, 3.8) is 0 Å². The highest BCUT2D eigenvalue weighted by Crippen LogP contribution is 2.20. The van der Waals surface area contributed by atoms with Crippen LogP contribution < -0.4 is 11.1 Å². The summed E-state index contributed by atoms with van der Waals surface area (Å²) in [6.07, 6.45) is 4.14. The van der Waals surface area contributed by atoms with Crippen molar-refractivity contribution in [3.8, 4) is 5.75 Å². The number of amides is 2. The number of nitrogens with zero attached hydrogens (tertiary/aromatic N) is 2. The van der Waals surface area contributed by atoms with Gasteiger partial charge in [-0.15, -0.1) is 0 Å². The van der Waals surface area contributed by atoms with Crippen molar-refractivity contribution in [2.75, 3.05) is 19.6 Å². The normalized spacial score (nSPS) is 15.8. The van der Waals surface area contributed by atoms with Crippen LogP contribution in [0.25, 0.3) is 0 Å². The predicted octanol–water partition coefficient (Wildman–Crippen LogP) is -0.533. The van der Waals surface area contributed by atoms with Gasteiger partial charge in [-0.05, 0) is 32.0 Å². The molecular formula is C13H18N4O3. The van der Waals surface area contributed by atoms with Crippen LogP contribution in [0.3, 0.4) is 0 Å². The maximum absolute atomic E-state index is 12.5. The molecule has 0 saturated carbocycles. The van der Waals surface area contributed by atoms with E-state index in [1.807, 2.05) is 0 Å². The van der Waals surface area contributed by atoms with E-state index in [0.29, 0.717) is 0 Å². The summed E-state index contributed by atoms with van der Waals surface area (Å²) in [6.45, 7) is 1.43. The summed E-state index contributed by atoms with van der Waals surface area (Å²) in [5.41, 5.74) is 5.37. The molecule has 0 aliphatic carbocycles. The molecule has 108 valence electrons. The molecule has 1 aromatic heterocycles. The predicted molar refractivity (Wildman–Crippen MR) is 72.0 cm³/mol. The highest BCUT2D eigenvalue weighted by Gasteiger charge is 2.28. The first-order valence-corrected chi connectivity index (χ1v) is 6.52. The standard InChI is InChI=1S/C13H18N4O3/c14-12(19)8-17(9-1-4-15-5-2-9)13(20)10-3-6-16-7-11(10)18/h3,6-7,9,15,18H,1-2,4-5,8H2,(H2,14,19). The Balaban J connectivity index is 2.23. The minimum absolute atomic E-state index is 0.0520. The monoisotopic (exact) mass is 278 g/mol. The van der Waals surface area contributed by atoms with Crippen LogP contribution in [-0.4, -0.2) is 52.5 Å². The molecule has 0 aromatic carbocycles. The van der Waals surface area contributed by atoms with Crippen molar-refractivity contribution >= 4 is 11.8 Å². The smallest absolute Gasteiger partial charge is 0.258 e. The molecule has 0 atom stereocenters. The van der Waals surface area contributed by atoms with Crippen LogP contribution in [0, 0.1) is 0 Å². The lowest BCUT2D eigenvalue weighted by atomic mass is 10.0. The maximum atomic E-state index is 12.5. The van der Waals surface area contributed by atoms with E-state index < -0.39 is 11.8 Å². The number of carbonyl (C=O) groups excluding carboxylic acids is 2. The van der Waals surface area contributed by atoms with Gasteiger partial charge in [-0.25, -0.2) is 0 Å². The molecule has 7 heteroatoms. The first-order chi connectivity index (χ1) is 9.59. The number of carbonyl (C=O) groups is 2. The zero-order valence-corrected chi connectivity index (χ0v) is 11.1. The lowest BCUT2D eigenvalue weighted by molar-refractivity contribution is -0.119. The lowest BCUT2D eigenvalue weighted by Crippen LogP contribution is -2.49. The number of rotatable bonds is 4. The molecule has 1 fully saturated rings. The van der Waals surface area contributed by atoms with Crippen LogP contribution in [0.1, 0.15) is 23.2 Å². The summed E-state index contributed by atoms with van der Waals surface area (Å²) < 4.78 is 0. The van der Waals surface area contributed by atoms with Crippen LogP contribution >= 0.6 is 0 Å². The second kappa shape index (κ2) is 6.33. The van der Waals surface area contributed by atoms with Gasteiger partial charge in [0.05, 0.1) is 18.3 Å². The maximum Gasteiger partial charge on any atom is 0.258 e. The second-order valence-corrected chi connectivity index (χ2v) is 4.77. The van der Waals surface area contributed by atoms with Crippen LogP contribution in [0.5, 0.6) is 5.75 Å². The fraction of sp³-hybridized carbons (Fsp3) is 0.462. The Morgan fingerprint density at radius 2 is 2.15 bits per heavy atom. The largest absolute Gasteiger partial charge is 0.505 e. The van der Waals surface area contributed by atoms with Crippen molar-refractivity contribution < 1.29 is 14.7 Å². The average molecular weight is 278 g/mol. The fourth-order valence-corrected chi connectivity index (χ4v) is 2.37. The number of aromatic nitrogens is 1. The zero-order chi connectivity index (χ0) is 14.5. The first-order valence-electron chi connectivity index (χ1n) is 6.52. The number of hydrogen-bond acceptors (Lipinski definition) is 5. The van der Waals surface area contributed by atoms with Crippen molar-refractivity contribution in [2.24, 2.45) is 5.73 Å². The minimum Gasteiger partial charge on any atom is -0.505 e. The number of primary amides is 1. The SMILES string of the molecule is NC(=O)CN(C(=O)c1ccncc1O)C1CCNCC1. The Morgan fingerprint density at radius 1 is 1.45 bits per heavy atom. The quantitative estimate of drug-likeness (QED) is 0.686. The molecule has 20 heavy (non-hydrogen) atoms. The molecule has 0 unspecified atom stereocenters. The van der Waals surface area contributed by atoms with Crippen LogP contribution in [0.4, 0.5) is 0 Å². The van der Waals surface area contributed by atoms with E-state index in [4.69, 9.17) is 5.73 Å². The summed E-state index contributed by atoms with van der Waals surface area (Å²) in [5, 5.41) is 12.9. The highest BCUT2D eigenvalue weighted by molar-refractivity contribution is 5.98. The fourth-order valence-electron chi connectivity index (χ4n) is 2.37. The van der Waals surface area contributed by atoms with Gasteiger partial charge >= 0.3 is 0 Å². The molecule has 1 aliphatic rings. The molecule has 0 bridgehead atoms. The lowest BCUT2D eigenvalue weighted by Gasteiger charge is -2.34. The third-order valence-corrected chi connectivity index (χ3v) is 3.37. The Kier molecular flexibility index (Phi) is 4.52. The Bertz CT molecular complexity index is 500. The summed E-state index contributed by atoms with van der Waals surface area (Å²) in [6, 6.07) is 1.39. The van der Waals surface area contributed by atoms with Crippen LogP contribution in [0.15, 0.2) is 18.5 Å². The van der Waals surface area contributed by atoms with Gasteiger partial charge in [0.15, 0.2) is 0 Å². The highest BCUT2D eigenvalue weighted by atomic mass is 16.3. The topological polar surface area (TPSA) is 109 Å². The molecule has 1 aromatic rings. The number of aromatic hydroxyl groups is 1. The van der Waals surface area contributed by atoms with E-state index in [9.17, 15) is 14.7 Å². The Labute approximate surface area is 116 Å². The Morgan fingerprint density at radius 3 is 2.75 bits per heavy atom. The molecule has 4 N–H and O–H groups in total. The second-order valence-electron chi connectivity index (χ2n) is 4.77. The van der Waals surface area contributed by atoms with Gasteiger partial charge in [0.1, 0.15) is 5.75 Å². The van der Waals surface area contributed by atoms with Crippen molar-refractivity contribution in [3.05, 3.63) is 24.0 Å². The summed E-state index contributed by atoms with van der Waals surface area (Å²) in [7, 11) is 0. The molecular weight excluding hydrogens is 260 g/mol. The van der Waals surface area contributed by atoms with Gasteiger partial charge < -0.3 is 21.1 Å². The molecule has 2 rings (SSSR count). The zero-order valence-electron chi connectivity index (χ0n) is 11.1. The third-order valence-electron chi connectivity index (χ3n) is 3.37. The number of hydrogen-bond donors (Lipinski definition) is 3. The molecule has 2 heterocycles. The van der Waals surface area contributed by atoms with Crippen molar-refractivity contribution in [1.29, 1.82) is 0 Å². The van der Waals surface area contributed by atoms with Crippen molar-refractivity contribution in [2.45, 2.75) is 18.9 Å². The van der Waals surface area contributed by atoms with E-state index in [1.54, 1.807) is 0 Å². The van der Waals surface area contributed by atoms with E-state index in [1.165, 1.54) is 23.4 Å². The number of piperidine rings is 1. The molecule has 0 radical (unpaired) electrons. The first kappa shape index (κ1) is 14.3. The third kappa shape index (κ3) is 3.24. The van der Waals surface area contributed by atoms with Gasteiger partial charge in [0.25, 0.3) is 5.91 Å². The van der Waals surface area contributed by atoms with Gasteiger partial charge in [-0.1, -0.05) is 0 Å². The summed E-state index contributed by atoms with van der Waals surface area (Å²) in [4.78, 5) is 28.9. The van der Waals surface area contributed by atoms with Crippen molar-refractivity contribution in [1.82, 2.24) is 15.2 Å². The summed E-state index contributed by atoms with van der Waals surface area (Å²) >= 11 is 0. The van der Waals surface area contributed by atoms with E-state index in [-0.39, 0.29) is 23.9 Å². The molecule has 0 spiro atoms. The average Bonchev–Trinajstić information content (AvgIpc) is 2.45. The number of pyridine rings is 1. The molecule has 1 saturated heterocycles. The van der Waals surface area contributed by atoms with Crippen LogP contribution in [0.2, 0.25) is 0 Å². The number of nitrogens with one attached hydrogen (secondary N) is 1. The van der Waals surface area contributed by atoms with E-state index in [2.05, 4.69) is 10.3 Å². The summed E-state index contributed by atoms with van der Waals surface area (Å²) in [5.74, 6) is -1.15. The molecule has 1 aliphatic heterocycles. The van der Waals surface area contributed by atoms with Crippen LogP contribution in [-0.2, 0) is 4.79 Å². The van der Waals surface area contributed by atoms with Gasteiger partial charge in [-0.2, -0.15) is 0 Å². The van der Waals surface area contributed by atoms with E-state index in [0.717, 1.165) is 25.9 Å². The van der Waals surface area contributed by atoms with E-state index >= 15 is 0 Å². The van der Waals surface area contributed by atoms with Gasteiger partial charge in [0, 0.05) is 12.2 Å². The minimum atomic E-state index is -0.564. The molecule has 2 amide bonds. The Hall–Kier alpha value is -2.15. The van der Waals surface area contributed by atoms with Gasteiger partial charge in [-0.3, -0.25) is 14.6 Å².